The molecule has 0 aliphatic carbocycles. The number of hydrogen-bond donors (Lipinski definition) is 0. The van der Waals surface area contributed by atoms with E-state index in [1.165, 1.54) is 6.92 Å². The number of imide groups is 1. The lowest BCUT2D eigenvalue weighted by Crippen LogP contribution is -2.38. The molecule has 4 heteroatoms. The molecule has 1 fully saturated rings. The fourth-order valence-corrected chi connectivity index (χ4v) is 1.11. The van der Waals surface area contributed by atoms with E-state index in [1.807, 2.05) is 0 Å². The van der Waals surface area contributed by atoms with Gasteiger partial charge in [-0.05, 0) is 6.92 Å². The van der Waals surface area contributed by atoms with Crippen LogP contribution in [0.15, 0.2) is 0 Å². The van der Waals surface area contributed by atoms with Gasteiger partial charge in [-0.1, -0.05) is 0 Å². The summed E-state index contributed by atoms with van der Waals surface area (Å²) in [5.74, 6) is -0.482. The molecule has 0 spiro atoms. The summed E-state index contributed by atoms with van der Waals surface area (Å²) < 4.78 is 0. The van der Waals surface area contributed by atoms with Crippen LogP contribution in [-0.2, 0) is 14.4 Å². The zero-order chi connectivity index (χ0) is 8.43. The van der Waals surface area contributed by atoms with Gasteiger partial charge in [0.25, 0.3) is 0 Å². The van der Waals surface area contributed by atoms with Gasteiger partial charge in [-0.25, -0.2) is 0 Å². The third-order valence-corrected chi connectivity index (χ3v) is 1.69. The van der Waals surface area contributed by atoms with Crippen molar-refractivity contribution >= 4 is 18.1 Å². The third kappa shape index (κ3) is 1.29. The largest absolute Gasteiger partial charge is 0.301 e. The van der Waals surface area contributed by atoms with E-state index in [2.05, 4.69) is 0 Å². The van der Waals surface area contributed by atoms with Crippen LogP contribution in [0.1, 0.15) is 19.8 Å². The van der Waals surface area contributed by atoms with Crippen molar-refractivity contribution in [2.75, 3.05) is 0 Å². The average Bonchev–Trinajstić information content (AvgIpc) is 2.30. The van der Waals surface area contributed by atoms with E-state index in [1.54, 1.807) is 0 Å². The molecule has 1 saturated heterocycles. The van der Waals surface area contributed by atoms with Crippen molar-refractivity contribution in [3.05, 3.63) is 0 Å². The first-order valence-electron chi connectivity index (χ1n) is 3.47. The molecule has 0 aromatic rings. The molecule has 1 rings (SSSR count). The van der Waals surface area contributed by atoms with Gasteiger partial charge in [0.15, 0.2) is 0 Å². The summed E-state index contributed by atoms with van der Waals surface area (Å²) in [6.07, 6.45) is 1.09. The molecule has 1 aliphatic heterocycles. The molecule has 0 N–H and O–H groups in total. The summed E-state index contributed by atoms with van der Waals surface area (Å²) in [5.41, 5.74) is 0. The predicted octanol–water partition coefficient (Wildman–Crippen LogP) is -0.277. The number of rotatable bonds is 2. The summed E-state index contributed by atoms with van der Waals surface area (Å²) in [5, 5.41) is 0. The zero-order valence-electron chi connectivity index (χ0n) is 6.24. The lowest BCUT2D eigenvalue weighted by Gasteiger charge is -2.16. The topological polar surface area (TPSA) is 54.5 Å². The van der Waals surface area contributed by atoms with Crippen molar-refractivity contribution < 1.29 is 14.4 Å². The van der Waals surface area contributed by atoms with E-state index in [0.29, 0.717) is 6.29 Å². The van der Waals surface area contributed by atoms with E-state index < -0.39 is 6.04 Å². The number of amides is 2. The van der Waals surface area contributed by atoms with Crippen LogP contribution in [0.3, 0.4) is 0 Å². The van der Waals surface area contributed by atoms with E-state index in [0.717, 1.165) is 4.90 Å². The number of likely N-dealkylation sites (tertiary alicyclic amines) is 1. The molecular weight excluding hydrogens is 146 g/mol. The molecule has 0 bridgehead atoms. The highest BCUT2D eigenvalue weighted by Gasteiger charge is 2.32. The molecule has 0 aromatic carbocycles. The SMILES string of the molecule is C[C@@H](C=O)N1C(=O)CCC1=O. The molecule has 0 aromatic heterocycles. The molecule has 2 amide bonds. The van der Waals surface area contributed by atoms with Crippen LogP contribution in [0.4, 0.5) is 0 Å². The van der Waals surface area contributed by atoms with Crippen LogP contribution in [0.25, 0.3) is 0 Å². The number of carbonyl (C=O) groups is 3. The van der Waals surface area contributed by atoms with Gasteiger partial charge >= 0.3 is 0 Å². The molecular formula is C7H9NO3. The third-order valence-electron chi connectivity index (χ3n) is 1.69. The van der Waals surface area contributed by atoms with Crippen LogP contribution in [0.2, 0.25) is 0 Å². The Bertz CT molecular complexity index is 196. The summed E-state index contributed by atoms with van der Waals surface area (Å²) in [4.78, 5) is 33.1. The quantitative estimate of drug-likeness (QED) is 0.407. The van der Waals surface area contributed by atoms with E-state index >= 15 is 0 Å². The molecule has 0 unspecified atom stereocenters. The van der Waals surface area contributed by atoms with Crippen molar-refractivity contribution in [1.82, 2.24) is 4.90 Å². The van der Waals surface area contributed by atoms with Gasteiger partial charge in [0.2, 0.25) is 11.8 Å². The Kier molecular flexibility index (Phi) is 2.03. The Balaban J connectivity index is 2.75. The van der Waals surface area contributed by atoms with Gasteiger partial charge in [0.05, 0.1) is 6.04 Å². The minimum absolute atomic E-state index is 0.241. The maximum absolute atomic E-state index is 10.9. The Morgan fingerprint density at radius 2 is 1.82 bits per heavy atom. The number of nitrogens with zero attached hydrogens (tertiary/aromatic N) is 1. The Morgan fingerprint density at radius 1 is 1.36 bits per heavy atom. The fraction of sp³-hybridized carbons (Fsp3) is 0.571. The summed E-state index contributed by atoms with van der Waals surface area (Å²) >= 11 is 0. The van der Waals surface area contributed by atoms with E-state index in [4.69, 9.17) is 0 Å². The Hall–Kier alpha value is -1.19. The van der Waals surface area contributed by atoms with Gasteiger partial charge in [-0.3, -0.25) is 14.5 Å². The van der Waals surface area contributed by atoms with Gasteiger partial charge < -0.3 is 4.79 Å². The van der Waals surface area contributed by atoms with Crippen LogP contribution in [0, 0.1) is 0 Å². The Labute approximate surface area is 64.2 Å². The number of carbonyl (C=O) groups excluding carboxylic acids is 3. The van der Waals surface area contributed by atoms with Gasteiger partial charge in [0, 0.05) is 12.8 Å². The van der Waals surface area contributed by atoms with Gasteiger partial charge in [0.1, 0.15) is 6.29 Å². The standard InChI is InChI=1S/C7H9NO3/c1-5(4-9)8-6(10)2-3-7(8)11/h4-5H,2-3H2,1H3/t5-/m0/s1. The first-order valence-corrected chi connectivity index (χ1v) is 3.47. The molecule has 1 aliphatic rings. The number of hydrogen-bond acceptors (Lipinski definition) is 3. The Morgan fingerprint density at radius 3 is 2.18 bits per heavy atom. The average molecular weight is 155 g/mol. The molecule has 4 nitrogen and oxygen atoms in total. The fourth-order valence-electron chi connectivity index (χ4n) is 1.11. The van der Waals surface area contributed by atoms with E-state index in [-0.39, 0.29) is 24.7 Å². The summed E-state index contributed by atoms with van der Waals surface area (Å²) in [6.45, 7) is 1.54. The number of aldehydes is 1. The molecule has 1 atom stereocenters. The van der Waals surface area contributed by atoms with Gasteiger partial charge in [-0.15, -0.1) is 0 Å². The van der Waals surface area contributed by atoms with Crippen molar-refractivity contribution in [2.24, 2.45) is 0 Å². The zero-order valence-corrected chi connectivity index (χ0v) is 6.24. The summed E-state index contributed by atoms with van der Waals surface area (Å²) in [6, 6.07) is -0.600. The predicted molar refractivity (Wildman–Crippen MR) is 36.6 cm³/mol. The van der Waals surface area contributed by atoms with Crippen molar-refractivity contribution in [3.63, 3.8) is 0 Å². The van der Waals surface area contributed by atoms with Crippen LogP contribution < -0.4 is 0 Å². The van der Waals surface area contributed by atoms with Crippen LogP contribution in [-0.4, -0.2) is 29.0 Å². The maximum Gasteiger partial charge on any atom is 0.230 e. The smallest absolute Gasteiger partial charge is 0.230 e. The van der Waals surface area contributed by atoms with Crippen LogP contribution >= 0.6 is 0 Å². The maximum atomic E-state index is 10.9. The minimum Gasteiger partial charge on any atom is -0.301 e. The molecule has 11 heavy (non-hydrogen) atoms. The van der Waals surface area contributed by atoms with Crippen molar-refractivity contribution in [1.29, 1.82) is 0 Å². The van der Waals surface area contributed by atoms with Gasteiger partial charge in [-0.2, -0.15) is 0 Å². The lowest BCUT2D eigenvalue weighted by molar-refractivity contribution is -0.142. The highest BCUT2D eigenvalue weighted by molar-refractivity contribution is 6.03. The first kappa shape index (κ1) is 7.91. The highest BCUT2D eigenvalue weighted by atomic mass is 16.2. The van der Waals surface area contributed by atoms with E-state index in [9.17, 15) is 14.4 Å². The first-order chi connectivity index (χ1) is 5.16. The highest BCUT2D eigenvalue weighted by Crippen LogP contribution is 2.13. The minimum atomic E-state index is -0.600. The van der Waals surface area contributed by atoms with Crippen LogP contribution in [0.5, 0.6) is 0 Å². The molecule has 60 valence electrons. The second-order valence-corrected chi connectivity index (χ2v) is 2.53. The lowest BCUT2D eigenvalue weighted by atomic mass is 10.3. The second kappa shape index (κ2) is 2.82. The molecule has 1 heterocycles. The van der Waals surface area contributed by atoms with Crippen molar-refractivity contribution in [3.8, 4) is 0 Å². The van der Waals surface area contributed by atoms with Crippen molar-refractivity contribution in [2.45, 2.75) is 25.8 Å². The molecule has 0 radical (unpaired) electrons. The summed E-state index contributed by atoms with van der Waals surface area (Å²) in [7, 11) is 0. The monoisotopic (exact) mass is 155 g/mol. The molecule has 0 saturated carbocycles. The normalized spacial score (nSPS) is 20.6. The second-order valence-electron chi connectivity index (χ2n) is 2.53.